The molecule has 0 aromatic heterocycles. The topological polar surface area (TPSA) is 87.0 Å². The molecule has 0 heterocycles. The molecule has 0 aliphatic rings. The zero-order valence-corrected chi connectivity index (χ0v) is 11.6. The van der Waals surface area contributed by atoms with Gasteiger partial charge in [0.05, 0.1) is 0 Å². The average molecular weight is 305 g/mol. The molecule has 92 valence electrons. The van der Waals surface area contributed by atoms with E-state index in [1.807, 2.05) is 6.92 Å². The summed E-state index contributed by atoms with van der Waals surface area (Å²) in [5, 5.41) is 18.4. The van der Waals surface area contributed by atoms with E-state index >= 15 is 0 Å². The average Bonchev–Trinajstić information content (AvgIpc) is 2.18. The summed E-state index contributed by atoms with van der Waals surface area (Å²) in [4.78, 5) is 8.94. The molecule has 1 atom stereocenters. The molecule has 0 fully saturated rings. The van der Waals surface area contributed by atoms with Crippen LogP contribution < -0.4 is 0 Å². The molecule has 0 aliphatic heterocycles. The number of unbranched alkanes of at least 4 members (excludes halogenated alkanes) is 1. The first kappa shape index (κ1) is 15.6. The third-order valence-corrected chi connectivity index (χ3v) is 3.46. The normalized spacial score (nSPS) is 16.3. The van der Waals surface area contributed by atoms with Crippen LogP contribution in [0.5, 0.6) is 0 Å². The molecule has 3 N–H and O–H groups in total. The van der Waals surface area contributed by atoms with E-state index in [9.17, 15) is 14.8 Å². The van der Waals surface area contributed by atoms with E-state index in [4.69, 9.17) is 9.42 Å². The second kappa shape index (κ2) is 7.02. The standard InChI is InChI=1S/C8H19O5PSe/c1-2-3-4-8(5-9,6-10)7-13-14(11,12)15/h9-10H,2-7H2,1H3,(H2,11,12,15). The third-order valence-electron chi connectivity index (χ3n) is 2.27. The van der Waals surface area contributed by atoms with Crippen LogP contribution in [0.25, 0.3) is 0 Å². The summed E-state index contributed by atoms with van der Waals surface area (Å²) in [5.74, 6) is 0. The Morgan fingerprint density at radius 1 is 1.40 bits per heavy atom. The molecule has 0 spiro atoms. The van der Waals surface area contributed by atoms with Crippen LogP contribution in [0.15, 0.2) is 0 Å². The van der Waals surface area contributed by atoms with Gasteiger partial charge in [0, 0.05) is 0 Å². The van der Waals surface area contributed by atoms with Gasteiger partial charge in [-0.2, -0.15) is 0 Å². The van der Waals surface area contributed by atoms with E-state index < -0.39 is 11.7 Å². The van der Waals surface area contributed by atoms with Gasteiger partial charge in [0.1, 0.15) is 0 Å². The van der Waals surface area contributed by atoms with E-state index in [1.165, 1.54) is 0 Å². The maximum atomic E-state index is 10.9. The van der Waals surface area contributed by atoms with Crippen LogP contribution >= 0.6 is 6.29 Å². The maximum absolute atomic E-state index is 10.9. The Kier molecular flexibility index (Phi) is 7.30. The quantitative estimate of drug-likeness (QED) is 0.439. The van der Waals surface area contributed by atoms with Gasteiger partial charge in [0.25, 0.3) is 0 Å². The van der Waals surface area contributed by atoms with Gasteiger partial charge in [0.2, 0.25) is 0 Å². The van der Waals surface area contributed by atoms with Gasteiger partial charge >= 0.3 is 97.5 Å². The molecule has 5 nitrogen and oxygen atoms in total. The number of hydrogen-bond acceptors (Lipinski definition) is 4. The van der Waals surface area contributed by atoms with Gasteiger partial charge in [0.15, 0.2) is 0 Å². The first-order valence-corrected chi connectivity index (χ1v) is 8.86. The third kappa shape index (κ3) is 6.69. The Morgan fingerprint density at radius 2 is 1.93 bits per heavy atom. The van der Waals surface area contributed by atoms with Crippen LogP contribution in [0.1, 0.15) is 26.2 Å². The van der Waals surface area contributed by atoms with Crippen molar-refractivity contribution in [2.45, 2.75) is 26.2 Å². The van der Waals surface area contributed by atoms with E-state index in [2.05, 4.69) is 0 Å². The Hall–Kier alpha value is 0.589. The fourth-order valence-electron chi connectivity index (χ4n) is 1.14. The number of aliphatic hydroxyl groups is 2. The molecule has 0 rings (SSSR count). The van der Waals surface area contributed by atoms with E-state index in [-0.39, 0.29) is 19.8 Å². The van der Waals surface area contributed by atoms with E-state index in [1.54, 1.807) is 15.6 Å². The summed E-state index contributed by atoms with van der Waals surface area (Å²) in [6.07, 6.45) is -1.27. The Morgan fingerprint density at radius 3 is 2.27 bits per heavy atom. The molecule has 0 amide bonds. The van der Waals surface area contributed by atoms with Crippen molar-refractivity contribution in [3.05, 3.63) is 0 Å². The van der Waals surface area contributed by atoms with E-state index in [0.717, 1.165) is 12.8 Å². The molecular weight excluding hydrogens is 286 g/mol. The van der Waals surface area contributed by atoms with Gasteiger partial charge in [-0.25, -0.2) is 0 Å². The number of aliphatic hydroxyl groups excluding tert-OH is 2. The molecule has 0 saturated heterocycles. The zero-order valence-electron chi connectivity index (χ0n) is 8.80. The summed E-state index contributed by atoms with van der Waals surface area (Å²) in [6.45, 7) is 1.38. The van der Waals surface area contributed by atoms with Crippen molar-refractivity contribution in [2.75, 3.05) is 19.8 Å². The molecule has 15 heavy (non-hydrogen) atoms. The van der Waals surface area contributed by atoms with Crippen molar-refractivity contribution < 1.29 is 24.2 Å². The van der Waals surface area contributed by atoms with Crippen LogP contribution in [0, 0.1) is 5.41 Å². The van der Waals surface area contributed by atoms with E-state index in [0.29, 0.717) is 6.42 Å². The van der Waals surface area contributed by atoms with Crippen molar-refractivity contribution >= 4 is 21.9 Å². The van der Waals surface area contributed by atoms with Crippen molar-refractivity contribution in [1.29, 1.82) is 0 Å². The predicted octanol–water partition coefficient (Wildman–Crippen LogP) is 0.165. The van der Waals surface area contributed by atoms with Crippen molar-refractivity contribution in [3.63, 3.8) is 0 Å². The summed E-state index contributed by atoms with van der Waals surface area (Å²) in [6, 6.07) is 0. The van der Waals surface area contributed by atoms with Gasteiger partial charge in [-0.3, -0.25) is 0 Å². The SMILES string of the molecule is CCCCC(CO)(CO)COP(=O)(O)[SeH]. The minimum atomic E-state index is -3.61. The molecule has 0 radical (unpaired) electrons. The molecule has 0 bridgehead atoms. The second-order valence-electron chi connectivity index (χ2n) is 3.68. The fraction of sp³-hybridized carbons (Fsp3) is 1.00. The summed E-state index contributed by atoms with van der Waals surface area (Å²) < 4.78 is 15.6. The molecule has 0 aliphatic carbocycles. The van der Waals surface area contributed by atoms with Gasteiger partial charge < -0.3 is 0 Å². The molecule has 0 aromatic carbocycles. The van der Waals surface area contributed by atoms with Crippen molar-refractivity contribution in [1.82, 2.24) is 0 Å². The first-order chi connectivity index (χ1) is 6.89. The monoisotopic (exact) mass is 306 g/mol. The zero-order chi connectivity index (χ0) is 11.9. The summed E-state index contributed by atoms with van der Waals surface area (Å²) >= 11 is 1.55. The van der Waals surface area contributed by atoms with Gasteiger partial charge in [-0.05, 0) is 0 Å². The predicted molar refractivity (Wildman–Crippen MR) is 59.1 cm³/mol. The Labute approximate surface area is 97.8 Å². The Bertz CT molecular complexity index is 213. The van der Waals surface area contributed by atoms with Crippen molar-refractivity contribution in [2.24, 2.45) is 5.41 Å². The fourth-order valence-corrected chi connectivity index (χ4v) is 1.95. The molecular formula is C8H19O5PSe. The Balaban J connectivity index is 4.29. The van der Waals surface area contributed by atoms with Gasteiger partial charge in [-0.1, -0.05) is 0 Å². The second-order valence-corrected chi connectivity index (χ2v) is 8.10. The summed E-state index contributed by atoms with van der Waals surface area (Å²) in [7, 11) is 0. The number of hydrogen-bond donors (Lipinski definition) is 3. The van der Waals surface area contributed by atoms with Crippen LogP contribution in [0.4, 0.5) is 0 Å². The first-order valence-electron chi connectivity index (χ1n) is 4.81. The van der Waals surface area contributed by atoms with Gasteiger partial charge in [-0.15, -0.1) is 0 Å². The summed E-state index contributed by atoms with van der Waals surface area (Å²) in [5.41, 5.74) is -0.811. The van der Waals surface area contributed by atoms with Crippen LogP contribution in [0.3, 0.4) is 0 Å². The molecule has 0 saturated carbocycles. The van der Waals surface area contributed by atoms with Crippen LogP contribution in [0.2, 0.25) is 0 Å². The number of rotatable bonds is 8. The van der Waals surface area contributed by atoms with Crippen LogP contribution in [-0.4, -0.2) is 50.5 Å². The molecule has 0 aromatic rings. The molecule has 1 unspecified atom stereocenters. The molecule has 7 heteroatoms. The van der Waals surface area contributed by atoms with Crippen LogP contribution in [-0.2, 0) is 9.09 Å². The van der Waals surface area contributed by atoms with Crippen molar-refractivity contribution in [3.8, 4) is 0 Å². The minimum absolute atomic E-state index is 0.109.